The Balaban J connectivity index is 1.72. The van der Waals surface area contributed by atoms with Crippen LogP contribution in [0.4, 0.5) is 8.78 Å². The van der Waals surface area contributed by atoms with Crippen molar-refractivity contribution in [2.75, 3.05) is 13.1 Å². The van der Waals surface area contributed by atoms with Crippen molar-refractivity contribution in [2.24, 2.45) is 0 Å². The highest BCUT2D eigenvalue weighted by molar-refractivity contribution is 5.99. The lowest BCUT2D eigenvalue weighted by Gasteiger charge is -2.37. The molecule has 174 valence electrons. The number of hydrogen-bond donors (Lipinski definition) is 3. The number of benzene rings is 1. The van der Waals surface area contributed by atoms with Crippen LogP contribution in [0.25, 0.3) is 0 Å². The standard InChI is InChI=1S/C25H28F2N4O2/c1-2-3-4-5-6-18-13-20(16-29-15-18)23(32)31-25(9-11-28-12-10-25)24(33)30-17-19-7-8-21(26)14-22(19)27/h7-8,13-16,28H,2-4,9-12,17H2,1H3,(H,30,33)(H,31,32). The van der Waals surface area contributed by atoms with E-state index in [1.807, 2.05) is 0 Å². The van der Waals surface area contributed by atoms with Gasteiger partial charge in [-0.25, -0.2) is 8.78 Å². The number of amides is 2. The number of nitrogens with zero attached hydrogens (tertiary/aromatic N) is 1. The van der Waals surface area contributed by atoms with E-state index >= 15 is 0 Å². The van der Waals surface area contributed by atoms with E-state index in [2.05, 4.69) is 39.7 Å². The molecule has 0 bridgehead atoms. The Hall–Kier alpha value is -3.31. The molecule has 0 spiro atoms. The first-order valence-corrected chi connectivity index (χ1v) is 11.1. The Morgan fingerprint density at radius 2 is 1.97 bits per heavy atom. The molecule has 6 nitrogen and oxygen atoms in total. The molecule has 2 heterocycles. The van der Waals surface area contributed by atoms with Crippen LogP contribution in [0.3, 0.4) is 0 Å². The third-order valence-corrected chi connectivity index (χ3v) is 5.59. The Morgan fingerprint density at radius 3 is 2.70 bits per heavy atom. The summed E-state index contributed by atoms with van der Waals surface area (Å²) in [7, 11) is 0. The van der Waals surface area contributed by atoms with Crippen molar-refractivity contribution in [2.45, 2.75) is 51.1 Å². The summed E-state index contributed by atoms with van der Waals surface area (Å²) in [6, 6.07) is 4.85. The minimum atomic E-state index is -1.15. The monoisotopic (exact) mass is 454 g/mol. The average molecular weight is 455 g/mol. The fourth-order valence-corrected chi connectivity index (χ4v) is 3.62. The zero-order valence-electron chi connectivity index (χ0n) is 18.6. The summed E-state index contributed by atoms with van der Waals surface area (Å²) in [6.07, 6.45) is 6.63. The fourth-order valence-electron chi connectivity index (χ4n) is 3.62. The molecule has 2 aromatic rings. The number of rotatable bonds is 7. The maximum atomic E-state index is 14.0. The SMILES string of the molecule is CCCCC#Cc1cncc(C(=O)NC2(C(=O)NCc3ccc(F)cc3F)CCNCC2)c1. The van der Waals surface area contributed by atoms with Crippen molar-refractivity contribution in [1.29, 1.82) is 0 Å². The summed E-state index contributed by atoms with van der Waals surface area (Å²) in [4.78, 5) is 30.2. The second kappa shape index (κ2) is 11.5. The van der Waals surface area contributed by atoms with Crippen LogP contribution in [0.5, 0.6) is 0 Å². The number of piperidine rings is 1. The van der Waals surface area contributed by atoms with Gasteiger partial charge in [0.15, 0.2) is 0 Å². The minimum Gasteiger partial charge on any atom is -0.350 e. The van der Waals surface area contributed by atoms with Gasteiger partial charge >= 0.3 is 0 Å². The normalized spacial score (nSPS) is 14.6. The first-order chi connectivity index (χ1) is 15.9. The number of nitrogens with one attached hydrogen (secondary N) is 3. The largest absolute Gasteiger partial charge is 0.350 e. The van der Waals surface area contributed by atoms with Gasteiger partial charge in [0.25, 0.3) is 5.91 Å². The second-order valence-electron chi connectivity index (χ2n) is 8.07. The van der Waals surface area contributed by atoms with Gasteiger partial charge in [0.1, 0.15) is 17.2 Å². The van der Waals surface area contributed by atoms with Gasteiger partial charge in [-0.2, -0.15) is 0 Å². The zero-order chi connectivity index (χ0) is 23.7. The summed E-state index contributed by atoms with van der Waals surface area (Å²) >= 11 is 0. The van der Waals surface area contributed by atoms with E-state index in [0.29, 0.717) is 37.1 Å². The Morgan fingerprint density at radius 1 is 1.18 bits per heavy atom. The third-order valence-electron chi connectivity index (χ3n) is 5.59. The molecule has 1 saturated heterocycles. The molecule has 2 amide bonds. The van der Waals surface area contributed by atoms with Crippen LogP contribution in [0, 0.1) is 23.5 Å². The van der Waals surface area contributed by atoms with E-state index in [1.54, 1.807) is 12.3 Å². The van der Waals surface area contributed by atoms with Crippen molar-refractivity contribution in [3.8, 4) is 11.8 Å². The number of halogens is 2. The highest BCUT2D eigenvalue weighted by Gasteiger charge is 2.41. The molecule has 0 aliphatic carbocycles. The molecule has 0 atom stereocenters. The lowest BCUT2D eigenvalue weighted by molar-refractivity contribution is -0.128. The Labute approximate surface area is 192 Å². The third kappa shape index (κ3) is 6.59. The van der Waals surface area contributed by atoms with Crippen molar-refractivity contribution >= 4 is 11.8 Å². The topological polar surface area (TPSA) is 83.1 Å². The summed E-state index contributed by atoms with van der Waals surface area (Å²) in [5.74, 6) is 3.82. The summed E-state index contributed by atoms with van der Waals surface area (Å²) in [5.41, 5.74) is -0.0394. The molecule has 0 radical (unpaired) electrons. The molecule has 1 aliphatic heterocycles. The van der Waals surface area contributed by atoms with E-state index < -0.39 is 29.0 Å². The summed E-state index contributed by atoms with van der Waals surface area (Å²) in [5, 5.41) is 8.75. The van der Waals surface area contributed by atoms with Gasteiger partial charge in [0.05, 0.1) is 5.56 Å². The first-order valence-electron chi connectivity index (χ1n) is 11.1. The predicted molar refractivity (Wildman–Crippen MR) is 121 cm³/mol. The smallest absolute Gasteiger partial charge is 0.253 e. The van der Waals surface area contributed by atoms with Gasteiger partial charge < -0.3 is 16.0 Å². The number of carbonyl (C=O) groups is 2. The van der Waals surface area contributed by atoms with Crippen LogP contribution in [-0.2, 0) is 11.3 Å². The van der Waals surface area contributed by atoms with E-state index in [1.165, 1.54) is 12.3 Å². The molecule has 1 aromatic heterocycles. The highest BCUT2D eigenvalue weighted by atomic mass is 19.1. The molecule has 3 N–H and O–H groups in total. The van der Waals surface area contributed by atoms with Crippen molar-refractivity contribution in [1.82, 2.24) is 20.9 Å². The van der Waals surface area contributed by atoms with Crippen molar-refractivity contribution < 1.29 is 18.4 Å². The molecule has 1 fully saturated rings. The molecule has 8 heteroatoms. The van der Waals surface area contributed by atoms with Gasteiger partial charge in [0, 0.05) is 42.6 Å². The van der Waals surface area contributed by atoms with Crippen LogP contribution in [-0.4, -0.2) is 35.4 Å². The van der Waals surface area contributed by atoms with Gasteiger partial charge in [-0.3, -0.25) is 14.6 Å². The molecule has 3 rings (SSSR count). The van der Waals surface area contributed by atoms with Gasteiger partial charge in [-0.05, 0) is 44.5 Å². The number of unbranched alkanes of at least 4 members (excludes halogenated alkanes) is 2. The van der Waals surface area contributed by atoms with E-state index in [9.17, 15) is 18.4 Å². The second-order valence-corrected chi connectivity index (χ2v) is 8.07. The van der Waals surface area contributed by atoms with E-state index in [4.69, 9.17) is 0 Å². The fraction of sp³-hybridized carbons (Fsp3) is 0.400. The van der Waals surface area contributed by atoms with Crippen molar-refractivity contribution in [3.05, 3.63) is 65.0 Å². The molecule has 1 aliphatic rings. The quantitative estimate of drug-likeness (QED) is 0.444. The Bertz CT molecular complexity index is 1060. The maximum Gasteiger partial charge on any atom is 0.253 e. The molecular formula is C25H28F2N4O2. The van der Waals surface area contributed by atoms with E-state index in [0.717, 1.165) is 31.4 Å². The number of hydrogen-bond acceptors (Lipinski definition) is 4. The molecular weight excluding hydrogens is 426 g/mol. The van der Waals surface area contributed by atoms with Crippen LogP contribution in [0.1, 0.15) is 60.5 Å². The van der Waals surface area contributed by atoms with Crippen LogP contribution in [0.2, 0.25) is 0 Å². The summed E-state index contributed by atoms with van der Waals surface area (Å²) in [6.45, 7) is 3.07. The van der Waals surface area contributed by atoms with Gasteiger partial charge in [0.2, 0.25) is 5.91 Å². The van der Waals surface area contributed by atoms with Crippen molar-refractivity contribution in [3.63, 3.8) is 0 Å². The number of pyridine rings is 1. The van der Waals surface area contributed by atoms with Crippen LogP contribution >= 0.6 is 0 Å². The van der Waals surface area contributed by atoms with Crippen LogP contribution < -0.4 is 16.0 Å². The predicted octanol–water partition coefficient (Wildman–Crippen LogP) is 3.07. The number of carbonyl (C=O) groups excluding carboxylic acids is 2. The molecule has 0 unspecified atom stereocenters. The molecule has 33 heavy (non-hydrogen) atoms. The minimum absolute atomic E-state index is 0.111. The van der Waals surface area contributed by atoms with Gasteiger partial charge in [-0.15, -0.1) is 0 Å². The van der Waals surface area contributed by atoms with E-state index in [-0.39, 0.29) is 12.1 Å². The average Bonchev–Trinajstić information content (AvgIpc) is 2.82. The first kappa shape index (κ1) is 24.3. The Kier molecular flexibility index (Phi) is 8.50. The highest BCUT2D eigenvalue weighted by Crippen LogP contribution is 2.20. The lowest BCUT2D eigenvalue weighted by Crippen LogP contribution is -2.62. The lowest BCUT2D eigenvalue weighted by atomic mass is 9.86. The zero-order valence-corrected chi connectivity index (χ0v) is 18.6. The van der Waals surface area contributed by atoms with Gasteiger partial charge in [-0.1, -0.05) is 31.3 Å². The molecule has 0 saturated carbocycles. The maximum absolute atomic E-state index is 14.0. The summed E-state index contributed by atoms with van der Waals surface area (Å²) < 4.78 is 27.1. The number of aromatic nitrogens is 1. The van der Waals surface area contributed by atoms with Crippen LogP contribution in [0.15, 0.2) is 36.7 Å². The molecule has 1 aromatic carbocycles.